The molecule has 0 radical (unpaired) electrons. The maximum absolute atomic E-state index is 5.93. The van der Waals surface area contributed by atoms with E-state index in [4.69, 9.17) is 5.73 Å². The van der Waals surface area contributed by atoms with Crippen molar-refractivity contribution in [2.75, 3.05) is 32.4 Å². The SMILES string of the molecule is CN1CCCC2CN(Cc3cc(N)cc(Br)c3)CCC21. The number of fused-ring (bicyclic) bond motifs is 1. The van der Waals surface area contributed by atoms with Gasteiger partial charge in [0.15, 0.2) is 0 Å². The molecule has 2 heterocycles. The molecule has 2 fully saturated rings. The smallest absolute Gasteiger partial charge is 0.0328 e. The van der Waals surface area contributed by atoms with Gasteiger partial charge in [-0.05, 0) is 69.1 Å². The summed E-state index contributed by atoms with van der Waals surface area (Å²) in [5.74, 6) is 0.854. The van der Waals surface area contributed by atoms with Crippen LogP contribution in [0.25, 0.3) is 0 Å². The lowest BCUT2D eigenvalue weighted by Gasteiger charge is -2.46. The lowest BCUT2D eigenvalue weighted by Crippen LogP contribution is -2.52. The zero-order valence-corrected chi connectivity index (χ0v) is 13.8. The summed E-state index contributed by atoms with van der Waals surface area (Å²) < 4.78 is 1.08. The van der Waals surface area contributed by atoms with Crippen LogP contribution in [0.4, 0.5) is 5.69 Å². The molecule has 0 aromatic heterocycles. The molecule has 2 saturated heterocycles. The number of nitrogens with two attached hydrogens (primary N) is 1. The molecule has 3 rings (SSSR count). The lowest BCUT2D eigenvalue weighted by molar-refractivity contribution is 0.0355. The van der Waals surface area contributed by atoms with Gasteiger partial charge in [0.25, 0.3) is 0 Å². The standard InChI is InChI=1S/C16H24BrN3/c1-19-5-2-3-13-11-20(6-4-16(13)19)10-12-7-14(17)9-15(18)8-12/h7-9,13,16H,2-6,10-11,18H2,1H3. The molecule has 2 N–H and O–H groups in total. The number of hydrogen-bond acceptors (Lipinski definition) is 3. The van der Waals surface area contributed by atoms with Crippen molar-refractivity contribution in [1.29, 1.82) is 0 Å². The molecule has 1 aromatic carbocycles. The van der Waals surface area contributed by atoms with Gasteiger partial charge in [0.2, 0.25) is 0 Å². The van der Waals surface area contributed by atoms with E-state index in [1.54, 1.807) is 0 Å². The van der Waals surface area contributed by atoms with Crippen molar-refractivity contribution >= 4 is 21.6 Å². The second-order valence-corrected chi connectivity index (χ2v) is 7.28. The molecule has 0 amide bonds. The maximum atomic E-state index is 5.93. The van der Waals surface area contributed by atoms with Crippen LogP contribution in [0.3, 0.4) is 0 Å². The van der Waals surface area contributed by atoms with E-state index in [1.807, 2.05) is 6.07 Å². The summed E-state index contributed by atoms with van der Waals surface area (Å²) >= 11 is 3.54. The van der Waals surface area contributed by atoms with E-state index < -0.39 is 0 Å². The summed E-state index contributed by atoms with van der Waals surface area (Å²) in [6, 6.07) is 7.07. The normalized spacial score (nSPS) is 28.3. The van der Waals surface area contributed by atoms with Gasteiger partial charge in [-0.2, -0.15) is 0 Å². The third-order valence-corrected chi connectivity index (χ3v) is 5.27. The van der Waals surface area contributed by atoms with Crippen LogP contribution in [0, 0.1) is 5.92 Å². The number of halogens is 1. The molecule has 2 unspecified atom stereocenters. The Kier molecular flexibility index (Phi) is 4.34. The molecule has 0 bridgehead atoms. The van der Waals surface area contributed by atoms with Crippen molar-refractivity contribution in [2.45, 2.75) is 31.8 Å². The predicted molar refractivity (Wildman–Crippen MR) is 87.6 cm³/mol. The van der Waals surface area contributed by atoms with Gasteiger partial charge < -0.3 is 10.6 Å². The molecular formula is C16H24BrN3. The van der Waals surface area contributed by atoms with Crippen molar-refractivity contribution in [3.63, 3.8) is 0 Å². The minimum atomic E-state index is 0.813. The Morgan fingerprint density at radius 2 is 2.10 bits per heavy atom. The van der Waals surface area contributed by atoms with Gasteiger partial charge in [-0.15, -0.1) is 0 Å². The van der Waals surface area contributed by atoms with Crippen molar-refractivity contribution in [3.8, 4) is 0 Å². The van der Waals surface area contributed by atoms with Crippen LogP contribution in [0.1, 0.15) is 24.8 Å². The lowest BCUT2D eigenvalue weighted by atomic mass is 9.84. The zero-order chi connectivity index (χ0) is 14.1. The Balaban J connectivity index is 1.64. The summed E-state index contributed by atoms with van der Waals surface area (Å²) in [6.45, 7) is 4.75. The molecule has 0 spiro atoms. The summed E-state index contributed by atoms with van der Waals surface area (Å²) in [6.07, 6.45) is 4.06. The number of likely N-dealkylation sites (tertiary alicyclic amines) is 2. The van der Waals surface area contributed by atoms with Crippen molar-refractivity contribution in [1.82, 2.24) is 9.80 Å². The quantitative estimate of drug-likeness (QED) is 0.842. The van der Waals surface area contributed by atoms with Gasteiger partial charge in [0.05, 0.1) is 0 Å². The van der Waals surface area contributed by atoms with E-state index in [0.717, 1.165) is 28.7 Å². The van der Waals surface area contributed by atoms with E-state index >= 15 is 0 Å². The monoisotopic (exact) mass is 337 g/mol. The number of benzene rings is 1. The highest BCUT2D eigenvalue weighted by atomic mass is 79.9. The van der Waals surface area contributed by atoms with Gasteiger partial charge >= 0.3 is 0 Å². The van der Waals surface area contributed by atoms with E-state index in [-0.39, 0.29) is 0 Å². The summed E-state index contributed by atoms with van der Waals surface area (Å²) in [7, 11) is 2.29. The highest BCUT2D eigenvalue weighted by molar-refractivity contribution is 9.10. The Bertz CT molecular complexity index is 457. The van der Waals surface area contributed by atoms with Crippen molar-refractivity contribution in [3.05, 3.63) is 28.2 Å². The number of nitrogen functional groups attached to an aromatic ring is 1. The average molecular weight is 338 g/mol. The van der Waals surface area contributed by atoms with Crippen LogP contribution in [-0.2, 0) is 6.54 Å². The fourth-order valence-electron chi connectivity index (χ4n) is 3.90. The molecule has 110 valence electrons. The van der Waals surface area contributed by atoms with E-state index in [2.05, 4.69) is 44.9 Å². The molecule has 4 heteroatoms. The minimum Gasteiger partial charge on any atom is -0.399 e. The van der Waals surface area contributed by atoms with Crippen LogP contribution >= 0.6 is 15.9 Å². The van der Waals surface area contributed by atoms with Gasteiger partial charge in [0, 0.05) is 29.3 Å². The van der Waals surface area contributed by atoms with Crippen LogP contribution in [-0.4, -0.2) is 42.5 Å². The van der Waals surface area contributed by atoms with Crippen LogP contribution < -0.4 is 5.73 Å². The number of anilines is 1. The molecule has 0 saturated carbocycles. The van der Waals surface area contributed by atoms with Crippen molar-refractivity contribution in [2.24, 2.45) is 5.92 Å². The van der Waals surface area contributed by atoms with Gasteiger partial charge in [0.1, 0.15) is 0 Å². The first-order chi connectivity index (χ1) is 9.61. The highest BCUT2D eigenvalue weighted by Crippen LogP contribution is 2.30. The third kappa shape index (κ3) is 3.18. The molecule has 2 atom stereocenters. The second kappa shape index (κ2) is 6.04. The average Bonchev–Trinajstić information content (AvgIpc) is 2.37. The van der Waals surface area contributed by atoms with Gasteiger partial charge in [-0.3, -0.25) is 4.90 Å². The number of nitrogens with zero attached hydrogens (tertiary/aromatic N) is 2. The molecule has 2 aliphatic heterocycles. The highest BCUT2D eigenvalue weighted by Gasteiger charge is 2.33. The molecule has 3 nitrogen and oxygen atoms in total. The van der Waals surface area contributed by atoms with Gasteiger partial charge in [-0.25, -0.2) is 0 Å². The van der Waals surface area contributed by atoms with Crippen LogP contribution in [0.2, 0.25) is 0 Å². The first-order valence-electron chi connectivity index (χ1n) is 7.59. The largest absolute Gasteiger partial charge is 0.399 e. The Morgan fingerprint density at radius 3 is 2.90 bits per heavy atom. The number of rotatable bonds is 2. The Morgan fingerprint density at radius 1 is 1.25 bits per heavy atom. The topological polar surface area (TPSA) is 32.5 Å². The van der Waals surface area contributed by atoms with Crippen LogP contribution in [0.5, 0.6) is 0 Å². The Labute approximate surface area is 130 Å². The first kappa shape index (κ1) is 14.4. The third-order valence-electron chi connectivity index (χ3n) is 4.82. The predicted octanol–water partition coefficient (Wildman–Crippen LogP) is 2.95. The summed E-state index contributed by atoms with van der Waals surface area (Å²) in [5.41, 5.74) is 8.10. The van der Waals surface area contributed by atoms with Crippen LogP contribution in [0.15, 0.2) is 22.7 Å². The fourth-order valence-corrected chi connectivity index (χ4v) is 4.45. The van der Waals surface area contributed by atoms with E-state index in [9.17, 15) is 0 Å². The number of piperidine rings is 2. The Hall–Kier alpha value is -0.580. The maximum Gasteiger partial charge on any atom is 0.0328 e. The van der Waals surface area contributed by atoms with Crippen molar-refractivity contribution < 1.29 is 0 Å². The molecule has 1 aromatic rings. The van der Waals surface area contributed by atoms with Gasteiger partial charge in [-0.1, -0.05) is 15.9 Å². The molecule has 2 aliphatic rings. The first-order valence-corrected chi connectivity index (χ1v) is 8.38. The van der Waals surface area contributed by atoms with E-state index in [1.165, 1.54) is 44.5 Å². The fraction of sp³-hybridized carbons (Fsp3) is 0.625. The molecular weight excluding hydrogens is 314 g/mol. The molecule has 0 aliphatic carbocycles. The minimum absolute atomic E-state index is 0.813. The second-order valence-electron chi connectivity index (χ2n) is 6.37. The zero-order valence-electron chi connectivity index (χ0n) is 12.2. The summed E-state index contributed by atoms with van der Waals surface area (Å²) in [4.78, 5) is 5.17. The summed E-state index contributed by atoms with van der Waals surface area (Å²) in [5, 5.41) is 0. The van der Waals surface area contributed by atoms with E-state index in [0.29, 0.717) is 0 Å². The molecule has 20 heavy (non-hydrogen) atoms. The number of hydrogen-bond donors (Lipinski definition) is 1.